The van der Waals surface area contributed by atoms with E-state index in [0.717, 1.165) is 24.1 Å². The molecular formula is C7H14O3S2. The van der Waals surface area contributed by atoms with Crippen molar-refractivity contribution in [1.29, 1.82) is 0 Å². The van der Waals surface area contributed by atoms with Gasteiger partial charge in [-0.3, -0.25) is 0 Å². The van der Waals surface area contributed by atoms with E-state index in [2.05, 4.69) is 8.37 Å². The second-order valence-corrected chi connectivity index (χ2v) is 5.31. The number of carbonyl (C=O) groups is 1. The Labute approximate surface area is 82.0 Å². The molecule has 0 aromatic heterocycles. The molecule has 0 saturated heterocycles. The van der Waals surface area contributed by atoms with E-state index in [-0.39, 0.29) is 10.5 Å². The molecule has 0 N–H and O–H groups in total. The number of rotatable bonds is 4. The summed E-state index contributed by atoms with van der Waals surface area (Å²) in [5.74, 6) is 0. The first-order valence-corrected chi connectivity index (χ1v) is 5.34. The maximum atomic E-state index is 10.8. The summed E-state index contributed by atoms with van der Waals surface area (Å²) in [4.78, 5) is 10.8. The predicted molar refractivity (Wildman–Crippen MR) is 53.0 cm³/mol. The highest BCUT2D eigenvalue weighted by molar-refractivity contribution is 7.96. The van der Waals surface area contributed by atoms with Crippen LogP contribution in [0, 0.1) is 0 Å². The Balaban J connectivity index is 3.34. The fraction of sp³-hybridized carbons (Fsp3) is 0.857. The van der Waals surface area contributed by atoms with E-state index < -0.39 is 6.16 Å². The van der Waals surface area contributed by atoms with Gasteiger partial charge in [0.25, 0.3) is 0 Å². The van der Waals surface area contributed by atoms with E-state index in [1.807, 2.05) is 27.7 Å². The van der Waals surface area contributed by atoms with Gasteiger partial charge in [0, 0.05) is 10.5 Å². The van der Waals surface area contributed by atoms with E-state index >= 15 is 0 Å². The van der Waals surface area contributed by atoms with Gasteiger partial charge < -0.3 is 8.37 Å². The zero-order valence-corrected chi connectivity index (χ0v) is 9.33. The lowest BCUT2D eigenvalue weighted by Crippen LogP contribution is -2.02. The van der Waals surface area contributed by atoms with Crippen molar-refractivity contribution >= 4 is 30.2 Å². The maximum Gasteiger partial charge on any atom is 0.533 e. The van der Waals surface area contributed by atoms with E-state index in [0.29, 0.717) is 0 Å². The number of hydrogen-bond donors (Lipinski definition) is 0. The number of carbonyl (C=O) groups excluding carboxylic acids is 1. The molecule has 0 heterocycles. The summed E-state index contributed by atoms with van der Waals surface area (Å²) in [7, 11) is 0. The van der Waals surface area contributed by atoms with E-state index in [4.69, 9.17) is 0 Å². The molecular weight excluding hydrogens is 196 g/mol. The van der Waals surface area contributed by atoms with Gasteiger partial charge in [0.2, 0.25) is 0 Å². The van der Waals surface area contributed by atoms with Crippen LogP contribution in [0.2, 0.25) is 0 Å². The summed E-state index contributed by atoms with van der Waals surface area (Å²) in [5.41, 5.74) is 0. The SMILES string of the molecule is CC(C)SOC(=O)OSC(C)C. The normalized spacial score (nSPS) is 10.5. The van der Waals surface area contributed by atoms with Gasteiger partial charge in [-0.25, -0.2) is 4.79 Å². The highest BCUT2D eigenvalue weighted by Gasteiger charge is 2.08. The minimum atomic E-state index is -0.632. The van der Waals surface area contributed by atoms with Gasteiger partial charge in [0.15, 0.2) is 0 Å². The summed E-state index contributed by atoms with van der Waals surface area (Å²) < 4.78 is 9.38. The van der Waals surface area contributed by atoms with Crippen LogP contribution in [-0.4, -0.2) is 16.7 Å². The topological polar surface area (TPSA) is 35.5 Å². The zero-order valence-electron chi connectivity index (χ0n) is 7.70. The summed E-state index contributed by atoms with van der Waals surface area (Å²) in [6.07, 6.45) is -0.632. The third-order valence-electron chi connectivity index (χ3n) is 0.617. The Morgan fingerprint density at radius 2 is 1.33 bits per heavy atom. The van der Waals surface area contributed by atoms with Crippen LogP contribution in [0.25, 0.3) is 0 Å². The minimum Gasteiger partial charge on any atom is -0.359 e. The molecule has 0 bridgehead atoms. The molecule has 5 heteroatoms. The Morgan fingerprint density at radius 1 is 1.00 bits per heavy atom. The molecule has 0 aliphatic rings. The fourth-order valence-electron chi connectivity index (χ4n) is 0.285. The van der Waals surface area contributed by atoms with Crippen LogP contribution in [0.4, 0.5) is 4.79 Å². The van der Waals surface area contributed by atoms with Crippen molar-refractivity contribution in [2.45, 2.75) is 38.2 Å². The highest BCUT2D eigenvalue weighted by atomic mass is 32.2. The van der Waals surface area contributed by atoms with Crippen LogP contribution in [0.15, 0.2) is 0 Å². The van der Waals surface area contributed by atoms with Gasteiger partial charge in [-0.1, -0.05) is 27.7 Å². The Morgan fingerprint density at radius 3 is 1.58 bits per heavy atom. The average Bonchev–Trinajstić information content (AvgIpc) is 1.96. The molecule has 0 rings (SSSR count). The van der Waals surface area contributed by atoms with Crippen molar-refractivity contribution < 1.29 is 13.2 Å². The molecule has 3 nitrogen and oxygen atoms in total. The fourth-order valence-corrected chi connectivity index (χ4v) is 0.938. The Kier molecular flexibility index (Phi) is 6.47. The first kappa shape index (κ1) is 12.0. The molecule has 0 aromatic rings. The van der Waals surface area contributed by atoms with Gasteiger partial charge in [-0.05, 0) is 0 Å². The van der Waals surface area contributed by atoms with Crippen LogP contribution in [0.3, 0.4) is 0 Å². The van der Waals surface area contributed by atoms with Crippen molar-refractivity contribution in [1.82, 2.24) is 0 Å². The quantitative estimate of drug-likeness (QED) is 0.665. The van der Waals surface area contributed by atoms with Gasteiger partial charge in [-0.2, -0.15) is 0 Å². The lowest BCUT2D eigenvalue weighted by atomic mass is 10.6. The smallest absolute Gasteiger partial charge is 0.359 e. The van der Waals surface area contributed by atoms with Crippen LogP contribution in [0.5, 0.6) is 0 Å². The molecule has 0 radical (unpaired) electrons. The highest BCUT2D eigenvalue weighted by Crippen LogP contribution is 2.16. The number of hydrogen-bond acceptors (Lipinski definition) is 5. The van der Waals surface area contributed by atoms with E-state index in [9.17, 15) is 4.79 Å². The molecule has 0 fully saturated rings. The van der Waals surface area contributed by atoms with Crippen molar-refractivity contribution in [3.63, 3.8) is 0 Å². The lowest BCUT2D eigenvalue weighted by molar-refractivity contribution is 0.168. The molecule has 72 valence electrons. The average molecular weight is 210 g/mol. The molecule has 0 spiro atoms. The molecule has 0 saturated carbocycles. The molecule has 0 unspecified atom stereocenters. The largest absolute Gasteiger partial charge is 0.533 e. The van der Waals surface area contributed by atoms with Gasteiger partial charge in [0.1, 0.15) is 0 Å². The summed E-state index contributed by atoms with van der Waals surface area (Å²) >= 11 is 2.21. The predicted octanol–water partition coefficient (Wildman–Crippen LogP) is 3.25. The van der Waals surface area contributed by atoms with Crippen LogP contribution >= 0.6 is 24.1 Å². The molecule has 0 amide bonds. The Hall–Kier alpha value is -0.0300. The van der Waals surface area contributed by atoms with Crippen molar-refractivity contribution in [3.05, 3.63) is 0 Å². The summed E-state index contributed by atoms with van der Waals surface area (Å²) in [6.45, 7) is 7.75. The first-order chi connectivity index (χ1) is 5.52. The van der Waals surface area contributed by atoms with Crippen LogP contribution in [0.1, 0.15) is 27.7 Å². The summed E-state index contributed by atoms with van der Waals surface area (Å²) in [5, 5.41) is 0.531. The van der Waals surface area contributed by atoms with E-state index in [1.54, 1.807) is 0 Å². The molecule has 0 aliphatic carbocycles. The van der Waals surface area contributed by atoms with Crippen molar-refractivity contribution in [2.75, 3.05) is 0 Å². The third-order valence-corrected chi connectivity index (χ3v) is 1.85. The minimum absolute atomic E-state index is 0.265. The lowest BCUT2D eigenvalue weighted by Gasteiger charge is -2.05. The second-order valence-electron chi connectivity index (χ2n) is 2.71. The van der Waals surface area contributed by atoms with Crippen molar-refractivity contribution in [3.8, 4) is 0 Å². The maximum absolute atomic E-state index is 10.8. The molecule has 0 atom stereocenters. The molecule has 0 aliphatic heterocycles. The van der Waals surface area contributed by atoms with Crippen LogP contribution < -0.4 is 0 Å². The van der Waals surface area contributed by atoms with Gasteiger partial charge in [0.05, 0.1) is 24.1 Å². The third kappa shape index (κ3) is 8.07. The molecule has 12 heavy (non-hydrogen) atoms. The first-order valence-electron chi connectivity index (χ1n) is 3.73. The monoisotopic (exact) mass is 210 g/mol. The van der Waals surface area contributed by atoms with Gasteiger partial charge in [-0.15, -0.1) is 0 Å². The standard InChI is InChI=1S/C7H14O3S2/c1-5(2)11-9-7(8)10-12-6(3)4/h5-6H,1-4H3. The van der Waals surface area contributed by atoms with Gasteiger partial charge >= 0.3 is 6.16 Å². The second kappa shape index (κ2) is 6.48. The van der Waals surface area contributed by atoms with Crippen molar-refractivity contribution in [2.24, 2.45) is 0 Å². The molecule has 0 aromatic carbocycles. The van der Waals surface area contributed by atoms with Crippen LogP contribution in [-0.2, 0) is 8.37 Å². The van der Waals surface area contributed by atoms with E-state index in [1.165, 1.54) is 0 Å². The summed E-state index contributed by atoms with van der Waals surface area (Å²) in [6, 6.07) is 0. The Bertz CT molecular complexity index is 123. The zero-order chi connectivity index (χ0) is 9.56.